The quantitative estimate of drug-likeness (QED) is 0.900. The van der Waals surface area contributed by atoms with Crippen LogP contribution in [-0.2, 0) is 14.3 Å². The second-order valence-corrected chi connectivity index (χ2v) is 5.02. The second-order valence-electron chi connectivity index (χ2n) is 5.02. The molecule has 0 aromatic heterocycles. The van der Waals surface area contributed by atoms with E-state index in [4.69, 9.17) is 4.74 Å². The number of piperidine rings is 1. The van der Waals surface area contributed by atoms with Crippen molar-refractivity contribution in [2.24, 2.45) is 0 Å². The summed E-state index contributed by atoms with van der Waals surface area (Å²) in [5.74, 6) is -0.304. The summed E-state index contributed by atoms with van der Waals surface area (Å²) in [4.78, 5) is 25.7. The highest BCUT2D eigenvalue weighted by Crippen LogP contribution is 2.21. The number of ether oxygens (including phenoxy) is 1. The summed E-state index contributed by atoms with van der Waals surface area (Å²) in [6, 6.07) is 7.39. The molecule has 2 amide bonds. The fourth-order valence-electron chi connectivity index (χ4n) is 2.36. The van der Waals surface area contributed by atoms with Gasteiger partial charge in [-0.15, -0.1) is 0 Å². The zero-order chi connectivity index (χ0) is 14.5. The number of methoxy groups -OCH3 is 1. The first kappa shape index (κ1) is 14.5. The maximum atomic E-state index is 12.4. The lowest BCUT2D eigenvalue weighted by atomic mass is 10.0. The van der Waals surface area contributed by atoms with Gasteiger partial charge in [-0.25, -0.2) is 0 Å². The Morgan fingerprint density at radius 3 is 2.75 bits per heavy atom. The van der Waals surface area contributed by atoms with Crippen LogP contribution in [0.25, 0.3) is 0 Å². The normalized spacial score (nSPS) is 19.0. The molecule has 2 rings (SSSR count). The van der Waals surface area contributed by atoms with Crippen molar-refractivity contribution in [2.45, 2.75) is 25.8 Å². The topological polar surface area (TPSA) is 58.6 Å². The summed E-state index contributed by atoms with van der Waals surface area (Å²) >= 11 is 0. The van der Waals surface area contributed by atoms with Crippen LogP contribution in [-0.4, -0.2) is 38.1 Å². The Hall–Kier alpha value is -1.88. The molecule has 108 valence electrons. The Balaban J connectivity index is 2.06. The van der Waals surface area contributed by atoms with Gasteiger partial charge in [0, 0.05) is 19.3 Å². The number of hydrogen-bond donors (Lipinski definition) is 1. The number of hydrogen-bond acceptors (Lipinski definition) is 3. The lowest BCUT2D eigenvalue weighted by molar-refractivity contribution is -0.130. The van der Waals surface area contributed by atoms with Gasteiger partial charge < -0.3 is 15.0 Å². The van der Waals surface area contributed by atoms with E-state index < -0.39 is 6.04 Å². The molecule has 1 aliphatic heterocycles. The summed E-state index contributed by atoms with van der Waals surface area (Å²) in [6.07, 6.45) is 1.55. The van der Waals surface area contributed by atoms with Gasteiger partial charge >= 0.3 is 0 Å². The highest BCUT2D eigenvalue weighted by atomic mass is 16.5. The zero-order valence-corrected chi connectivity index (χ0v) is 11.9. The van der Waals surface area contributed by atoms with Crippen LogP contribution in [0.2, 0.25) is 0 Å². The van der Waals surface area contributed by atoms with Gasteiger partial charge in [0.15, 0.2) is 0 Å². The predicted octanol–water partition coefficient (Wildman–Crippen LogP) is 1.25. The van der Waals surface area contributed by atoms with Crippen LogP contribution in [0.1, 0.15) is 18.4 Å². The summed E-state index contributed by atoms with van der Waals surface area (Å²) in [5.41, 5.74) is 2.04. The van der Waals surface area contributed by atoms with Gasteiger partial charge in [0.25, 0.3) is 0 Å². The molecule has 1 aliphatic rings. The van der Waals surface area contributed by atoms with Crippen LogP contribution in [0.5, 0.6) is 0 Å². The zero-order valence-electron chi connectivity index (χ0n) is 11.9. The van der Waals surface area contributed by atoms with E-state index in [-0.39, 0.29) is 18.4 Å². The summed E-state index contributed by atoms with van der Waals surface area (Å²) in [5, 5.41) is 2.73. The minimum Gasteiger partial charge on any atom is -0.375 e. The molecule has 0 bridgehead atoms. The molecule has 1 aromatic rings. The third-order valence-corrected chi connectivity index (χ3v) is 3.39. The van der Waals surface area contributed by atoms with Crippen LogP contribution in [0, 0.1) is 6.92 Å². The maximum Gasteiger partial charge on any atom is 0.249 e. The van der Waals surface area contributed by atoms with Gasteiger partial charge in [-0.2, -0.15) is 0 Å². The number of nitrogens with one attached hydrogen (secondary N) is 1. The molecule has 1 fully saturated rings. The Morgan fingerprint density at radius 1 is 1.40 bits per heavy atom. The van der Waals surface area contributed by atoms with Gasteiger partial charge in [0.1, 0.15) is 12.6 Å². The number of anilines is 1. The van der Waals surface area contributed by atoms with Crippen LogP contribution in [0.3, 0.4) is 0 Å². The van der Waals surface area contributed by atoms with Gasteiger partial charge in [0.05, 0.1) is 0 Å². The lowest BCUT2D eigenvalue weighted by Crippen LogP contribution is -2.53. The van der Waals surface area contributed by atoms with Crippen LogP contribution >= 0.6 is 0 Å². The number of carbonyl (C=O) groups excluding carboxylic acids is 2. The van der Waals surface area contributed by atoms with E-state index >= 15 is 0 Å². The van der Waals surface area contributed by atoms with Crippen molar-refractivity contribution < 1.29 is 14.3 Å². The number of amides is 2. The highest BCUT2D eigenvalue weighted by Gasteiger charge is 2.30. The second kappa shape index (κ2) is 6.52. The summed E-state index contributed by atoms with van der Waals surface area (Å²) < 4.78 is 4.77. The van der Waals surface area contributed by atoms with Crippen LogP contribution < -0.4 is 10.2 Å². The Kier molecular flexibility index (Phi) is 4.74. The molecule has 5 nitrogen and oxygen atoms in total. The summed E-state index contributed by atoms with van der Waals surface area (Å²) in [7, 11) is 1.46. The van der Waals surface area contributed by atoms with E-state index in [9.17, 15) is 9.59 Å². The third-order valence-electron chi connectivity index (χ3n) is 3.39. The standard InChI is InChI=1S/C15H20N2O3/c1-11-5-7-12(8-6-11)17-9-3-4-13(15(17)19)16-14(18)10-20-2/h5-8,13H,3-4,9-10H2,1-2H3,(H,16,18)/t13-/m1/s1. The molecule has 0 aliphatic carbocycles. The fraction of sp³-hybridized carbons (Fsp3) is 0.467. The first-order valence-electron chi connectivity index (χ1n) is 6.78. The molecule has 20 heavy (non-hydrogen) atoms. The average molecular weight is 276 g/mol. The Labute approximate surface area is 118 Å². The highest BCUT2D eigenvalue weighted by molar-refractivity contribution is 6.00. The van der Waals surface area contributed by atoms with Crippen molar-refractivity contribution >= 4 is 17.5 Å². The third kappa shape index (κ3) is 3.36. The molecule has 1 atom stereocenters. The van der Waals surface area contributed by atoms with Crippen LogP contribution in [0.4, 0.5) is 5.69 Å². The van der Waals surface area contributed by atoms with Crippen molar-refractivity contribution in [3.05, 3.63) is 29.8 Å². The molecule has 0 radical (unpaired) electrons. The molecule has 5 heteroatoms. The first-order chi connectivity index (χ1) is 9.61. The Morgan fingerprint density at radius 2 is 2.10 bits per heavy atom. The fourth-order valence-corrected chi connectivity index (χ4v) is 2.36. The van der Waals surface area contributed by atoms with E-state index in [0.29, 0.717) is 13.0 Å². The largest absolute Gasteiger partial charge is 0.375 e. The monoisotopic (exact) mass is 276 g/mol. The molecule has 1 N–H and O–H groups in total. The minimum absolute atomic E-state index is 0.0195. The molecular weight excluding hydrogens is 256 g/mol. The van der Waals surface area contributed by atoms with Crippen molar-refractivity contribution in [3.8, 4) is 0 Å². The van der Waals surface area contributed by atoms with Crippen molar-refractivity contribution in [1.82, 2.24) is 5.32 Å². The average Bonchev–Trinajstić information content (AvgIpc) is 2.43. The molecule has 0 spiro atoms. The maximum absolute atomic E-state index is 12.4. The molecular formula is C15H20N2O3. The molecule has 1 aromatic carbocycles. The van der Waals surface area contributed by atoms with E-state index in [1.807, 2.05) is 31.2 Å². The van der Waals surface area contributed by atoms with Crippen molar-refractivity contribution in [3.63, 3.8) is 0 Å². The summed E-state index contributed by atoms with van der Waals surface area (Å²) in [6.45, 7) is 2.68. The SMILES string of the molecule is COCC(=O)N[C@@H]1CCCN(c2ccc(C)cc2)C1=O. The van der Waals surface area contributed by atoms with Crippen LogP contribution in [0.15, 0.2) is 24.3 Å². The van der Waals surface area contributed by atoms with E-state index in [0.717, 1.165) is 17.7 Å². The minimum atomic E-state index is -0.451. The number of nitrogens with zero attached hydrogens (tertiary/aromatic N) is 1. The van der Waals surface area contributed by atoms with E-state index in [1.54, 1.807) is 4.90 Å². The molecule has 0 saturated carbocycles. The first-order valence-corrected chi connectivity index (χ1v) is 6.78. The lowest BCUT2D eigenvalue weighted by Gasteiger charge is -2.32. The Bertz CT molecular complexity index is 484. The number of rotatable bonds is 4. The molecule has 1 heterocycles. The number of benzene rings is 1. The van der Waals surface area contributed by atoms with Gasteiger partial charge in [-0.3, -0.25) is 9.59 Å². The van der Waals surface area contributed by atoms with Crippen molar-refractivity contribution in [1.29, 1.82) is 0 Å². The predicted molar refractivity (Wildman–Crippen MR) is 76.6 cm³/mol. The van der Waals surface area contributed by atoms with Gasteiger partial charge in [0.2, 0.25) is 11.8 Å². The van der Waals surface area contributed by atoms with E-state index in [1.165, 1.54) is 7.11 Å². The van der Waals surface area contributed by atoms with E-state index in [2.05, 4.69) is 5.32 Å². The number of aryl methyl sites for hydroxylation is 1. The molecule has 1 saturated heterocycles. The molecule has 0 unspecified atom stereocenters. The van der Waals surface area contributed by atoms with Gasteiger partial charge in [-0.1, -0.05) is 17.7 Å². The smallest absolute Gasteiger partial charge is 0.249 e. The van der Waals surface area contributed by atoms with Crippen molar-refractivity contribution in [2.75, 3.05) is 25.2 Å². The van der Waals surface area contributed by atoms with Gasteiger partial charge in [-0.05, 0) is 31.9 Å². The number of carbonyl (C=O) groups is 2.